The number of aliphatic carboxylic acids is 3. The molecule has 4 aliphatic heterocycles. The van der Waals surface area contributed by atoms with Crippen LogP contribution in [0.25, 0.3) is 0 Å². The molecule has 18 nitrogen and oxygen atoms in total. The van der Waals surface area contributed by atoms with E-state index < -0.39 is 90.9 Å². The minimum Gasteiger partial charge on any atom is -0.544 e. The number of aliphatic hydroxyl groups excluding tert-OH is 3. The standard InChI is InChI=1S/C28H30N2O16/c31-17-7-15-11(5-16(25(39)40)30(15)2-1-10-3-13(23(35)36)29-14(4-10)24(37)38)6-18(17)45-28-22(34)21(33)20(32)19(46-28)9-44-27(42)12-8-43-26(12)41/h1,3,6-7,12,14,16,19-22,28-29,31-34H,2,4-5,8-9H2,(H,35,36)(H,37,38)(H,39,40). The second-order valence-electron chi connectivity index (χ2n) is 11.1. The summed E-state index contributed by atoms with van der Waals surface area (Å²) in [4.78, 5) is 58.6. The van der Waals surface area contributed by atoms with Crippen molar-refractivity contribution in [3.63, 3.8) is 0 Å². The predicted octanol–water partition coefficient (Wildman–Crippen LogP) is -5.17. The average Bonchev–Trinajstić information content (AvgIpc) is 3.35. The topological polar surface area (TPSA) is 283 Å². The second-order valence-corrected chi connectivity index (χ2v) is 11.1. The Bertz CT molecular complexity index is 1510. The summed E-state index contributed by atoms with van der Waals surface area (Å²) in [5.74, 6) is -7.73. The molecule has 46 heavy (non-hydrogen) atoms. The maximum absolute atomic E-state index is 12.0. The van der Waals surface area contributed by atoms with Crippen LogP contribution >= 0.6 is 0 Å². The lowest BCUT2D eigenvalue weighted by Gasteiger charge is -2.40. The van der Waals surface area contributed by atoms with E-state index in [0.717, 1.165) is 0 Å². The van der Waals surface area contributed by atoms with Crippen LogP contribution in [-0.4, -0.2) is 123 Å². The van der Waals surface area contributed by atoms with E-state index in [1.54, 1.807) is 0 Å². The van der Waals surface area contributed by atoms with Crippen LogP contribution in [0.4, 0.5) is 5.69 Å². The van der Waals surface area contributed by atoms with E-state index in [1.165, 1.54) is 24.3 Å². The van der Waals surface area contributed by atoms with Crippen molar-refractivity contribution in [2.45, 2.75) is 55.6 Å². The molecule has 2 saturated heterocycles. The summed E-state index contributed by atoms with van der Waals surface area (Å²) in [5, 5.41) is 75.1. The number of allylic oxidation sites excluding steroid dienone is 1. The SMILES string of the molecule is O=C(O)C1=CC(=CC[NH+]2c3cc(O)c(OC4OC(COC(=O)C5COC5=O)C(O)C(O)C4O)cc3CC2C(=O)[O-])CC(C(=O)O)N1. The number of nitrogens with one attached hydrogen (secondary N) is 2. The number of hydrogen-bond acceptors (Lipinski definition) is 15. The van der Waals surface area contributed by atoms with Crippen molar-refractivity contribution >= 4 is 35.5 Å². The van der Waals surface area contributed by atoms with Crippen LogP contribution in [0.15, 0.2) is 35.6 Å². The molecule has 0 spiro atoms. The molecule has 2 fully saturated rings. The van der Waals surface area contributed by atoms with Crippen LogP contribution in [-0.2, 0) is 44.6 Å². The largest absolute Gasteiger partial charge is 0.544 e. The zero-order valence-corrected chi connectivity index (χ0v) is 23.7. The fraction of sp³-hybridized carbons (Fsp3) is 0.464. The molecule has 18 heteroatoms. The van der Waals surface area contributed by atoms with E-state index in [2.05, 4.69) is 10.1 Å². The Hall–Kier alpha value is -4.75. The number of aliphatic hydroxyl groups is 3. The Morgan fingerprint density at radius 3 is 2.43 bits per heavy atom. The molecule has 5 rings (SSSR count). The second kappa shape index (κ2) is 12.9. The summed E-state index contributed by atoms with van der Waals surface area (Å²) < 4.78 is 20.6. The van der Waals surface area contributed by atoms with Crippen molar-refractivity contribution in [1.29, 1.82) is 0 Å². The number of hydrogen-bond donors (Lipinski definition) is 8. The number of benzene rings is 1. The van der Waals surface area contributed by atoms with E-state index in [1.807, 2.05) is 0 Å². The molecule has 4 heterocycles. The van der Waals surface area contributed by atoms with E-state index in [0.29, 0.717) is 21.7 Å². The molecule has 1 aromatic rings. The molecule has 0 amide bonds. The van der Waals surface area contributed by atoms with Crippen molar-refractivity contribution in [3.8, 4) is 11.5 Å². The highest BCUT2D eigenvalue weighted by Gasteiger charge is 2.47. The Morgan fingerprint density at radius 2 is 1.83 bits per heavy atom. The molecule has 4 aliphatic rings. The zero-order chi connectivity index (χ0) is 33.4. The summed E-state index contributed by atoms with van der Waals surface area (Å²) in [6.45, 7) is -0.849. The van der Waals surface area contributed by atoms with Gasteiger partial charge in [0.05, 0.1) is 0 Å². The highest BCUT2D eigenvalue weighted by atomic mass is 16.7. The van der Waals surface area contributed by atoms with Gasteiger partial charge in [-0.3, -0.25) is 14.5 Å². The normalized spacial score (nSPS) is 32.7. The van der Waals surface area contributed by atoms with Gasteiger partial charge in [-0.05, 0) is 23.8 Å². The quantitative estimate of drug-likeness (QED) is 0.0867. The van der Waals surface area contributed by atoms with Gasteiger partial charge in [0.15, 0.2) is 17.4 Å². The van der Waals surface area contributed by atoms with Gasteiger partial charge in [0.2, 0.25) is 6.29 Å². The average molecular weight is 651 g/mol. The third-order valence-electron chi connectivity index (χ3n) is 8.13. The number of cyclic esters (lactones) is 1. The molecule has 0 aromatic heterocycles. The highest BCUT2D eigenvalue weighted by Crippen LogP contribution is 2.36. The first kappa shape index (κ1) is 32.6. The predicted molar refractivity (Wildman–Crippen MR) is 142 cm³/mol. The number of fused-ring (bicyclic) bond motifs is 1. The van der Waals surface area contributed by atoms with Crippen molar-refractivity contribution in [1.82, 2.24) is 5.32 Å². The Balaban J connectivity index is 1.32. The fourth-order valence-corrected chi connectivity index (χ4v) is 5.54. The first-order chi connectivity index (χ1) is 21.7. The maximum Gasteiger partial charge on any atom is 0.351 e. The molecule has 0 radical (unpaired) electrons. The number of carboxylic acids is 3. The summed E-state index contributed by atoms with van der Waals surface area (Å²) >= 11 is 0. The van der Waals surface area contributed by atoms with E-state index >= 15 is 0 Å². The third-order valence-corrected chi connectivity index (χ3v) is 8.13. The minimum atomic E-state index is -1.84. The smallest absolute Gasteiger partial charge is 0.351 e. The molecular weight excluding hydrogens is 620 g/mol. The number of carbonyl (C=O) groups excluding carboxylic acids is 3. The zero-order valence-electron chi connectivity index (χ0n) is 23.7. The van der Waals surface area contributed by atoms with E-state index in [4.69, 9.17) is 14.2 Å². The van der Waals surface area contributed by atoms with Crippen LogP contribution in [0, 0.1) is 5.92 Å². The number of quaternary nitrogens is 1. The molecule has 9 atom stereocenters. The van der Waals surface area contributed by atoms with Crippen LogP contribution < -0.4 is 20.1 Å². The number of rotatable bonds is 10. The molecule has 8 N–H and O–H groups in total. The lowest BCUT2D eigenvalue weighted by molar-refractivity contribution is -0.840. The molecular formula is C28H30N2O16. The van der Waals surface area contributed by atoms with Crippen LogP contribution in [0.2, 0.25) is 0 Å². The van der Waals surface area contributed by atoms with Crippen LogP contribution in [0.3, 0.4) is 0 Å². The molecule has 0 bridgehead atoms. The van der Waals surface area contributed by atoms with Gasteiger partial charge in [-0.1, -0.05) is 0 Å². The Kier molecular flexibility index (Phi) is 9.17. The van der Waals surface area contributed by atoms with Gasteiger partial charge < -0.3 is 64.8 Å². The first-order valence-corrected chi connectivity index (χ1v) is 14.0. The van der Waals surface area contributed by atoms with Gasteiger partial charge in [0.25, 0.3) is 0 Å². The van der Waals surface area contributed by atoms with Gasteiger partial charge in [-0.2, -0.15) is 0 Å². The van der Waals surface area contributed by atoms with Crippen molar-refractivity contribution in [3.05, 3.63) is 41.1 Å². The van der Waals surface area contributed by atoms with Crippen LogP contribution in [0.1, 0.15) is 12.0 Å². The summed E-state index contributed by atoms with van der Waals surface area (Å²) in [7, 11) is 0. The first-order valence-electron chi connectivity index (χ1n) is 14.0. The number of phenols is 1. The van der Waals surface area contributed by atoms with Crippen molar-refractivity contribution < 1.29 is 83.6 Å². The lowest BCUT2D eigenvalue weighted by atomic mass is 9.99. The number of esters is 2. The van der Waals surface area contributed by atoms with Gasteiger partial charge in [-0.25, -0.2) is 9.59 Å². The van der Waals surface area contributed by atoms with Crippen molar-refractivity contribution in [2.24, 2.45) is 5.92 Å². The molecule has 9 unspecified atom stereocenters. The number of carbonyl (C=O) groups is 5. The van der Waals surface area contributed by atoms with Gasteiger partial charge in [0.1, 0.15) is 73.6 Å². The van der Waals surface area contributed by atoms with Gasteiger partial charge >= 0.3 is 23.9 Å². The van der Waals surface area contributed by atoms with Gasteiger partial charge in [0, 0.05) is 24.5 Å². The fourth-order valence-electron chi connectivity index (χ4n) is 5.54. The van der Waals surface area contributed by atoms with E-state index in [-0.39, 0.29) is 37.4 Å². The third kappa shape index (κ3) is 6.46. The lowest BCUT2D eigenvalue weighted by Crippen LogP contribution is -3.11. The number of phenolic OH excluding ortho intramolecular Hbond substituents is 1. The number of aromatic hydroxyl groups is 1. The molecule has 248 valence electrons. The number of carboxylic acid groups (broad SMARTS) is 3. The monoisotopic (exact) mass is 650 g/mol. The molecule has 1 aromatic carbocycles. The summed E-state index contributed by atoms with van der Waals surface area (Å²) in [6, 6.07) is 0.120. The maximum atomic E-state index is 12.0. The highest BCUT2D eigenvalue weighted by molar-refractivity contribution is 5.98. The molecule has 0 aliphatic carbocycles. The minimum absolute atomic E-state index is 0.0517. The van der Waals surface area contributed by atoms with Gasteiger partial charge in [-0.15, -0.1) is 0 Å². The van der Waals surface area contributed by atoms with Crippen molar-refractivity contribution in [2.75, 3.05) is 19.8 Å². The summed E-state index contributed by atoms with van der Waals surface area (Å²) in [6.07, 6.45) is -5.95. The van der Waals surface area contributed by atoms with E-state index in [9.17, 15) is 59.7 Å². The Labute approximate surface area is 258 Å². The summed E-state index contributed by atoms with van der Waals surface area (Å²) in [5.41, 5.74) is 0.699. The molecule has 0 saturated carbocycles. The number of ether oxygens (including phenoxy) is 4. The van der Waals surface area contributed by atoms with Crippen LogP contribution in [0.5, 0.6) is 11.5 Å². The Morgan fingerprint density at radius 1 is 1.09 bits per heavy atom.